The summed E-state index contributed by atoms with van der Waals surface area (Å²) >= 11 is 4.95. The van der Waals surface area contributed by atoms with E-state index in [4.69, 9.17) is 59.3 Å². The smallest absolute Gasteiger partial charge is 0.259 e. The van der Waals surface area contributed by atoms with Crippen LogP contribution in [0.4, 0.5) is 11.6 Å². The number of nitrogens with one attached hydrogen (secondary N) is 2. The summed E-state index contributed by atoms with van der Waals surface area (Å²) in [6.45, 7) is 35.9. The molecule has 1 unspecified atom stereocenters. The molecule has 4 aromatic heterocycles. The van der Waals surface area contributed by atoms with Crippen LogP contribution in [0, 0.1) is 34.5 Å². The van der Waals surface area contributed by atoms with Crippen molar-refractivity contribution in [1.29, 1.82) is 10.5 Å². The van der Waals surface area contributed by atoms with Crippen molar-refractivity contribution < 1.29 is 46.6 Å². The SMILES string of the molecule is C.C.C.CC(C)N(C(C)C)P(OCCC#N)OC[C@H]1O[C@@H](n2cnc3c(NC(=O)c4ccccc4)ncnc32)[C@H](O[Si](C)(C)C(C)(C)C)[C@@H]1C.C[C@H]1[C@@H](O[Si](C)(C)C(C)(C)C)[C@H](n2cnc3c(NC(=O)c4ccccc4)ncnc32)O[C@@H]1COP=S.N#CCCO. The standard InChI is InChI=1S/C33H50N7O5PSi.C24H32N5O4PSSi.C3H5NO.3CH4/c1-22(2)40(23(3)4)46(42-18-14-17-34)43-19-26-24(5)28(45-47(9,10)33(6,7)8)32(44-26)39-21-37-27-29(35-20-36-30(27)39)38-31(41)25-15-12-11-13-16-25;1-15-17(12-31-34-35)32-23(19(15)33-36(5,6)24(2,3)4)29-14-27-18-20(25-13-26-21(18)29)28-22(30)16-10-8-7-9-11-16;4-2-1-3-5;;;/h11-13,15-16,20-24,26,28,32H,14,18-19H2,1-10H3,(H,35,36,38,41);7-11,13-15,17,19,23H,12H2,1-6H3,(H,25,26,28,30);5H,1,3H2;3*1H4/t24-,26-,28-,32-,46?;15-,17-,19-,23-;;;;/m11..../s1. The number of aliphatic hydroxyl groups is 1. The monoisotopic (exact) mass is 1350 g/mol. The summed E-state index contributed by atoms with van der Waals surface area (Å²) in [4.78, 5) is 52.6. The lowest BCUT2D eigenvalue weighted by Crippen LogP contribution is -2.46. The Kier molecular flexibility index (Phi) is 31.2. The Morgan fingerprint density at radius 2 is 1.09 bits per heavy atom. The van der Waals surface area contributed by atoms with Crippen molar-refractivity contribution in [2.45, 2.75) is 203 Å². The fourth-order valence-electron chi connectivity index (χ4n) is 9.30. The molecule has 9 atom stereocenters. The van der Waals surface area contributed by atoms with Crippen LogP contribution in [0.2, 0.25) is 36.3 Å². The van der Waals surface area contributed by atoms with Gasteiger partial charge in [0.25, 0.3) is 20.3 Å². The lowest BCUT2D eigenvalue weighted by atomic mass is 10.0. The Labute approximate surface area is 549 Å². The molecule has 0 saturated carbocycles. The minimum atomic E-state index is -2.25. The molecule has 23 nitrogen and oxygen atoms in total. The molecule has 0 bridgehead atoms. The first kappa shape index (κ1) is 79.7. The van der Waals surface area contributed by atoms with Crippen molar-refractivity contribution in [3.63, 3.8) is 0 Å². The normalized spacial score (nSPS) is 20.3. The van der Waals surface area contributed by atoms with Crippen LogP contribution in [0.15, 0.2) is 86.0 Å². The van der Waals surface area contributed by atoms with Crippen molar-refractivity contribution >= 4 is 90.3 Å². The highest BCUT2D eigenvalue weighted by Crippen LogP contribution is 2.50. The highest BCUT2D eigenvalue weighted by molar-refractivity contribution is 7.94. The molecular weight excluding hydrogens is 1250 g/mol. The number of benzene rings is 2. The van der Waals surface area contributed by atoms with E-state index in [1.165, 1.54) is 12.7 Å². The number of rotatable bonds is 23. The topological polar surface area (TPSA) is 281 Å². The number of amides is 2. The highest BCUT2D eigenvalue weighted by Gasteiger charge is 2.51. The number of carbonyl (C=O) groups excluding carboxylic acids is 2. The Bertz CT molecular complexity index is 3320. The number of aromatic nitrogens is 8. The number of anilines is 2. The summed E-state index contributed by atoms with van der Waals surface area (Å²) < 4.78 is 51.4. The second kappa shape index (κ2) is 35.7. The second-order valence-electron chi connectivity index (χ2n) is 25.1. The lowest BCUT2D eigenvalue weighted by Gasteiger charge is -2.40. The van der Waals surface area contributed by atoms with Crippen LogP contribution in [0.5, 0.6) is 0 Å². The van der Waals surface area contributed by atoms with Crippen LogP contribution < -0.4 is 10.6 Å². The molecule has 28 heteroatoms. The number of carbonyl (C=O) groups is 2. The Balaban J connectivity index is 0.000000440. The molecule has 2 aliphatic rings. The molecule has 2 aromatic carbocycles. The Hall–Kier alpha value is -5.52. The van der Waals surface area contributed by atoms with E-state index in [-0.39, 0.29) is 119 Å². The fraction of sp³-hybridized carbons (Fsp3) is 0.587. The molecule has 0 radical (unpaired) electrons. The third kappa shape index (κ3) is 20.2. The first-order valence-corrected chi connectivity index (χ1v) is 38.3. The van der Waals surface area contributed by atoms with Gasteiger partial charge >= 0.3 is 0 Å². The maximum absolute atomic E-state index is 13.0. The second-order valence-corrected chi connectivity index (χ2v) is 36.9. The largest absolute Gasteiger partial charge is 0.409 e. The average Bonchev–Trinajstić information content (AvgIpc) is 1.63. The van der Waals surface area contributed by atoms with Gasteiger partial charge in [-0.2, -0.15) is 10.5 Å². The number of imidazole rings is 2. The van der Waals surface area contributed by atoms with Crippen molar-refractivity contribution in [1.82, 2.24) is 43.7 Å². The number of hydrogen-bond donors (Lipinski definition) is 3. The van der Waals surface area contributed by atoms with E-state index in [9.17, 15) is 9.59 Å². The lowest BCUT2D eigenvalue weighted by molar-refractivity contribution is -0.0450. The van der Waals surface area contributed by atoms with Crippen molar-refractivity contribution in [3.05, 3.63) is 97.1 Å². The number of hydrogen-bond acceptors (Lipinski definition) is 20. The van der Waals surface area contributed by atoms with Crippen LogP contribution in [0.1, 0.15) is 151 Å². The van der Waals surface area contributed by atoms with Gasteiger partial charge in [0.1, 0.15) is 20.2 Å². The zero-order valence-electron chi connectivity index (χ0n) is 53.4. The van der Waals surface area contributed by atoms with E-state index < -0.39 is 37.6 Å². The number of nitriles is 2. The first-order valence-electron chi connectivity index (χ1n) is 29.5. The van der Waals surface area contributed by atoms with Crippen molar-refractivity contribution in [2.24, 2.45) is 11.8 Å². The molecule has 2 aliphatic heterocycles. The number of fused-ring (bicyclic) bond motifs is 2. The first-order chi connectivity index (χ1) is 41.6. The molecule has 2 amide bonds. The number of nitrogens with zero attached hydrogens (tertiary/aromatic N) is 11. The molecule has 2 fully saturated rings. The fourth-order valence-corrected chi connectivity index (χ4v) is 14.0. The number of aliphatic hydroxyl groups excluding tert-OH is 1. The van der Waals surface area contributed by atoms with Gasteiger partial charge in [-0.1, -0.05) is 114 Å². The van der Waals surface area contributed by atoms with E-state index in [1.54, 1.807) is 43.0 Å². The van der Waals surface area contributed by atoms with Gasteiger partial charge in [0.15, 0.2) is 63.1 Å². The molecule has 8 rings (SSSR count). The molecule has 6 heterocycles. The molecule has 0 aliphatic carbocycles. The van der Waals surface area contributed by atoms with E-state index in [0.29, 0.717) is 65.9 Å². The Morgan fingerprint density at radius 1 is 0.681 bits per heavy atom. The highest BCUT2D eigenvalue weighted by atomic mass is 32.4. The van der Waals surface area contributed by atoms with Crippen molar-refractivity contribution in [2.75, 3.05) is 37.1 Å². The quantitative estimate of drug-likeness (QED) is 0.0305. The maximum Gasteiger partial charge on any atom is 0.259 e. The van der Waals surface area contributed by atoms with Gasteiger partial charge in [0, 0.05) is 35.0 Å². The van der Waals surface area contributed by atoms with Crippen LogP contribution in [0.25, 0.3) is 22.3 Å². The summed E-state index contributed by atoms with van der Waals surface area (Å²) in [7, 11) is -5.38. The minimum absolute atomic E-state index is 0. The Morgan fingerprint density at radius 3 is 1.44 bits per heavy atom. The zero-order chi connectivity index (χ0) is 64.7. The van der Waals surface area contributed by atoms with E-state index in [2.05, 4.69) is 161 Å². The summed E-state index contributed by atoms with van der Waals surface area (Å²) in [6, 6.07) is 22.2. The predicted molar refractivity (Wildman–Crippen MR) is 369 cm³/mol. The minimum Gasteiger partial charge on any atom is -0.409 e. The summed E-state index contributed by atoms with van der Waals surface area (Å²) in [6.07, 6.45) is 4.62. The van der Waals surface area contributed by atoms with Gasteiger partial charge in [-0.15, -0.1) is 0 Å². The molecule has 0 spiro atoms. The third-order valence-electron chi connectivity index (χ3n) is 16.2. The molecular formula is C63H99N13O10P2SSi2. The van der Waals surface area contributed by atoms with Crippen LogP contribution in [0.3, 0.4) is 0 Å². The zero-order valence-corrected chi connectivity index (χ0v) is 58.0. The van der Waals surface area contributed by atoms with Crippen LogP contribution in [-0.2, 0) is 43.7 Å². The molecule has 2 saturated heterocycles. The van der Waals surface area contributed by atoms with Gasteiger partial charge in [-0.05, 0) is 100 Å². The van der Waals surface area contributed by atoms with Gasteiger partial charge in [0.05, 0.1) is 88.5 Å². The molecule has 500 valence electrons. The molecule has 6 aromatic rings. The van der Waals surface area contributed by atoms with Gasteiger partial charge in [-0.3, -0.25) is 18.7 Å². The van der Waals surface area contributed by atoms with Crippen molar-refractivity contribution in [3.8, 4) is 12.1 Å². The summed E-state index contributed by atoms with van der Waals surface area (Å²) in [5.74, 6) is 0.108. The molecule has 3 N–H and O–H groups in total. The number of ether oxygens (including phenoxy) is 2. The van der Waals surface area contributed by atoms with Gasteiger partial charge in [-0.25, -0.2) is 34.6 Å². The van der Waals surface area contributed by atoms with Gasteiger partial charge < -0.3 is 47.6 Å². The summed E-state index contributed by atoms with van der Waals surface area (Å²) in [5.41, 5.74) is 3.06. The maximum atomic E-state index is 13.0. The molecule has 91 heavy (non-hydrogen) atoms. The predicted octanol–water partition coefficient (Wildman–Crippen LogP) is 14.4. The average molecular weight is 1350 g/mol. The van der Waals surface area contributed by atoms with Crippen LogP contribution >= 0.6 is 16.1 Å². The van der Waals surface area contributed by atoms with E-state index >= 15 is 0 Å². The third-order valence-corrected chi connectivity index (χ3v) is 27.8. The van der Waals surface area contributed by atoms with Gasteiger partial charge in [0.2, 0.25) is 0 Å². The van der Waals surface area contributed by atoms with Crippen LogP contribution in [-0.4, -0.2) is 140 Å². The summed E-state index contributed by atoms with van der Waals surface area (Å²) in [5, 5.41) is 30.4. The van der Waals surface area contributed by atoms with E-state index in [0.717, 1.165) is 0 Å². The van der Waals surface area contributed by atoms with E-state index in [1.807, 2.05) is 45.5 Å².